The highest BCUT2D eigenvalue weighted by Crippen LogP contribution is 2.30. The maximum absolute atomic E-state index is 11.8. The average Bonchev–Trinajstić information content (AvgIpc) is 2.53. The predicted octanol–water partition coefficient (Wildman–Crippen LogP) is 1.77. The summed E-state index contributed by atoms with van der Waals surface area (Å²) >= 11 is 5.76. The van der Waals surface area contributed by atoms with E-state index < -0.39 is 18.0 Å². The number of carboxylic acid groups (broad SMARTS) is 1. The second kappa shape index (κ2) is 7.34. The van der Waals surface area contributed by atoms with Crippen molar-refractivity contribution in [3.63, 3.8) is 0 Å². The summed E-state index contributed by atoms with van der Waals surface area (Å²) < 4.78 is 10.4. The topological polar surface area (TPSA) is 96.9 Å². The molecule has 0 bridgehead atoms. The first-order chi connectivity index (χ1) is 11.0. The van der Waals surface area contributed by atoms with Crippen molar-refractivity contribution in [3.8, 4) is 5.75 Å². The van der Waals surface area contributed by atoms with Gasteiger partial charge in [-0.05, 0) is 17.7 Å². The number of methoxy groups -OCH3 is 2. The molecule has 0 saturated heterocycles. The summed E-state index contributed by atoms with van der Waals surface area (Å²) in [7, 11) is 3.08. The maximum atomic E-state index is 11.8. The van der Waals surface area contributed by atoms with Gasteiger partial charge in [-0.3, -0.25) is 0 Å². The summed E-state index contributed by atoms with van der Waals surface area (Å²) in [4.78, 5) is 23.4. The van der Waals surface area contributed by atoms with E-state index >= 15 is 0 Å². The maximum Gasteiger partial charge on any atom is 0.335 e. The number of ether oxygens (including phenoxy) is 2. The molecule has 2 rings (SSSR count). The molecule has 1 unspecified atom stereocenters. The Labute approximate surface area is 138 Å². The van der Waals surface area contributed by atoms with Gasteiger partial charge < -0.3 is 25.2 Å². The smallest absolute Gasteiger partial charge is 0.335 e. The lowest BCUT2D eigenvalue weighted by molar-refractivity contribution is -0.133. The number of amides is 2. The molecule has 0 aromatic heterocycles. The fourth-order valence-electron chi connectivity index (χ4n) is 2.47. The molecule has 0 saturated carbocycles. The van der Waals surface area contributed by atoms with Gasteiger partial charge in [0.05, 0.1) is 31.2 Å². The van der Waals surface area contributed by atoms with Crippen molar-refractivity contribution in [3.05, 3.63) is 40.6 Å². The summed E-state index contributed by atoms with van der Waals surface area (Å²) in [5.41, 5.74) is 1.54. The average molecular weight is 341 g/mol. The standard InChI is InChI=1S/C15H17ClN2O5/c1-22-7-9-5-8(3-4-11(9)23-2)13-12(14(19)20)10(6-16)17-15(21)18-13/h3-5,13H,6-7H2,1-2H3,(H,19,20)(H2,17,18,21). The number of allylic oxidation sites excluding steroid dienone is 1. The summed E-state index contributed by atoms with van der Waals surface area (Å²) in [5.74, 6) is -0.636. The van der Waals surface area contributed by atoms with Crippen LogP contribution in [0.4, 0.5) is 4.79 Å². The van der Waals surface area contributed by atoms with Gasteiger partial charge in [-0.2, -0.15) is 0 Å². The van der Waals surface area contributed by atoms with Crippen molar-refractivity contribution in [2.24, 2.45) is 0 Å². The Morgan fingerprint density at radius 1 is 1.39 bits per heavy atom. The third kappa shape index (κ3) is 3.57. The van der Waals surface area contributed by atoms with E-state index in [0.717, 1.165) is 5.56 Å². The number of rotatable bonds is 6. The molecule has 23 heavy (non-hydrogen) atoms. The van der Waals surface area contributed by atoms with Crippen LogP contribution in [-0.2, 0) is 16.1 Å². The van der Waals surface area contributed by atoms with Crippen molar-refractivity contribution in [2.45, 2.75) is 12.6 Å². The van der Waals surface area contributed by atoms with Gasteiger partial charge in [0.2, 0.25) is 0 Å². The minimum absolute atomic E-state index is 0.00753. The van der Waals surface area contributed by atoms with Crippen LogP contribution in [0.3, 0.4) is 0 Å². The van der Waals surface area contributed by atoms with E-state index in [9.17, 15) is 14.7 Å². The lowest BCUT2D eigenvalue weighted by atomic mass is 9.94. The van der Waals surface area contributed by atoms with E-state index in [4.69, 9.17) is 21.1 Å². The lowest BCUT2D eigenvalue weighted by Crippen LogP contribution is -2.46. The number of carbonyl (C=O) groups excluding carboxylic acids is 1. The molecule has 1 aromatic carbocycles. The van der Waals surface area contributed by atoms with Crippen LogP contribution < -0.4 is 15.4 Å². The van der Waals surface area contributed by atoms with Crippen molar-refractivity contribution >= 4 is 23.6 Å². The van der Waals surface area contributed by atoms with E-state index in [1.165, 1.54) is 7.11 Å². The second-order valence-electron chi connectivity index (χ2n) is 4.87. The molecule has 124 valence electrons. The molecule has 1 heterocycles. The molecule has 3 N–H and O–H groups in total. The van der Waals surface area contributed by atoms with Crippen molar-refractivity contribution in [2.75, 3.05) is 20.1 Å². The van der Waals surface area contributed by atoms with Gasteiger partial charge in [0, 0.05) is 18.4 Å². The van der Waals surface area contributed by atoms with Crippen LogP contribution in [-0.4, -0.2) is 37.2 Å². The molecule has 2 amide bonds. The van der Waals surface area contributed by atoms with Gasteiger partial charge in [0.25, 0.3) is 0 Å². The van der Waals surface area contributed by atoms with Crippen LogP contribution in [0.5, 0.6) is 5.75 Å². The largest absolute Gasteiger partial charge is 0.496 e. The van der Waals surface area contributed by atoms with Gasteiger partial charge in [0.15, 0.2) is 0 Å². The lowest BCUT2D eigenvalue weighted by Gasteiger charge is -2.28. The zero-order valence-electron chi connectivity index (χ0n) is 12.7. The number of hydrogen-bond donors (Lipinski definition) is 3. The van der Waals surface area contributed by atoms with Gasteiger partial charge >= 0.3 is 12.0 Å². The second-order valence-corrected chi connectivity index (χ2v) is 5.13. The SMILES string of the molecule is COCc1cc(C2NC(=O)NC(CCl)=C2C(=O)O)ccc1OC. The highest BCUT2D eigenvalue weighted by atomic mass is 35.5. The highest BCUT2D eigenvalue weighted by Gasteiger charge is 2.32. The molecular formula is C15H17ClN2O5. The van der Waals surface area contributed by atoms with Crippen LogP contribution in [0.1, 0.15) is 17.2 Å². The third-order valence-corrected chi connectivity index (χ3v) is 3.72. The third-order valence-electron chi connectivity index (χ3n) is 3.46. The van der Waals surface area contributed by atoms with E-state index in [-0.39, 0.29) is 17.2 Å². The summed E-state index contributed by atoms with van der Waals surface area (Å²) in [6.07, 6.45) is 0. The number of benzene rings is 1. The molecule has 8 heteroatoms. The molecule has 0 spiro atoms. The fraction of sp³-hybridized carbons (Fsp3) is 0.333. The summed E-state index contributed by atoms with van der Waals surface area (Å²) in [6, 6.07) is 3.84. The quantitative estimate of drug-likeness (QED) is 0.686. The molecule has 1 atom stereocenters. The van der Waals surface area contributed by atoms with E-state index in [0.29, 0.717) is 17.9 Å². The van der Waals surface area contributed by atoms with Crippen LogP contribution in [0.25, 0.3) is 0 Å². The number of hydrogen-bond acceptors (Lipinski definition) is 4. The van der Waals surface area contributed by atoms with Crippen LogP contribution in [0.15, 0.2) is 29.5 Å². The van der Waals surface area contributed by atoms with E-state index in [1.54, 1.807) is 25.3 Å². The van der Waals surface area contributed by atoms with Crippen LogP contribution in [0, 0.1) is 0 Å². The zero-order chi connectivity index (χ0) is 17.0. The van der Waals surface area contributed by atoms with Gasteiger partial charge in [-0.15, -0.1) is 11.6 Å². The van der Waals surface area contributed by atoms with Crippen molar-refractivity contribution in [1.29, 1.82) is 0 Å². The molecule has 0 radical (unpaired) electrons. The first-order valence-corrected chi connectivity index (χ1v) is 7.30. The highest BCUT2D eigenvalue weighted by molar-refractivity contribution is 6.20. The fourth-order valence-corrected chi connectivity index (χ4v) is 2.68. The number of carbonyl (C=O) groups is 2. The van der Waals surface area contributed by atoms with E-state index in [1.807, 2.05) is 0 Å². The molecule has 1 aliphatic heterocycles. The first-order valence-electron chi connectivity index (χ1n) is 6.77. The van der Waals surface area contributed by atoms with Crippen LogP contribution >= 0.6 is 11.6 Å². The Bertz CT molecular complexity index is 659. The Morgan fingerprint density at radius 3 is 2.70 bits per heavy atom. The first kappa shape index (κ1) is 17.1. The van der Waals surface area contributed by atoms with Crippen LogP contribution in [0.2, 0.25) is 0 Å². The number of carboxylic acids is 1. The van der Waals surface area contributed by atoms with Gasteiger partial charge in [-0.1, -0.05) is 6.07 Å². The van der Waals surface area contributed by atoms with Gasteiger partial charge in [0.1, 0.15) is 5.75 Å². The Hall–Kier alpha value is -2.25. The zero-order valence-corrected chi connectivity index (χ0v) is 13.4. The number of urea groups is 1. The van der Waals surface area contributed by atoms with Crippen molar-refractivity contribution in [1.82, 2.24) is 10.6 Å². The number of halogens is 1. The Kier molecular flexibility index (Phi) is 5.46. The van der Waals surface area contributed by atoms with E-state index in [2.05, 4.69) is 10.6 Å². The summed E-state index contributed by atoms with van der Waals surface area (Å²) in [6.45, 7) is 0.296. The normalized spacial score (nSPS) is 17.5. The number of aliphatic carboxylic acids is 1. The molecule has 7 nitrogen and oxygen atoms in total. The number of nitrogens with one attached hydrogen (secondary N) is 2. The Balaban J connectivity index is 2.51. The Morgan fingerprint density at radius 2 is 2.13 bits per heavy atom. The summed E-state index contributed by atoms with van der Waals surface area (Å²) in [5, 5.41) is 14.5. The molecular weight excluding hydrogens is 324 g/mol. The predicted molar refractivity (Wildman–Crippen MR) is 83.5 cm³/mol. The molecule has 0 fully saturated rings. The van der Waals surface area contributed by atoms with Gasteiger partial charge in [-0.25, -0.2) is 9.59 Å². The molecule has 0 aliphatic carbocycles. The monoisotopic (exact) mass is 340 g/mol. The minimum Gasteiger partial charge on any atom is -0.496 e. The molecule has 1 aliphatic rings. The van der Waals surface area contributed by atoms with Crippen molar-refractivity contribution < 1.29 is 24.2 Å². The number of alkyl halides is 1. The molecule has 1 aromatic rings. The minimum atomic E-state index is -1.15.